The Kier molecular flexibility index (Phi) is 51.0. The number of rotatable bonds is 52. The second kappa shape index (κ2) is 52.2. The number of carbonyl (C=O) groups excluding carboxylic acids is 2. The summed E-state index contributed by atoms with van der Waals surface area (Å²) < 4.78 is 5.48. The topological polar surface area (TPSA) is 95.9 Å². The number of nitrogens with one attached hydrogen (secondary N) is 1. The molecule has 62 heavy (non-hydrogen) atoms. The summed E-state index contributed by atoms with van der Waals surface area (Å²) in [5.41, 5.74) is 0. The second-order valence-electron chi connectivity index (χ2n) is 19.3. The Hall–Kier alpha value is -1.40. The van der Waals surface area contributed by atoms with Crippen molar-refractivity contribution in [1.29, 1.82) is 0 Å². The molecule has 0 aromatic heterocycles. The van der Waals surface area contributed by atoms with Gasteiger partial charge in [-0.15, -0.1) is 0 Å². The summed E-state index contributed by atoms with van der Waals surface area (Å²) in [7, 11) is 0. The number of esters is 1. The molecular formula is C56H109NO5. The number of aliphatic hydroxyl groups is 2. The van der Waals surface area contributed by atoms with Crippen LogP contribution in [-0.2, 0) is 14.3 Å². The first-order chi connectivity index (χ1) is 30.5. The van der Waals surface area contributed by atoms with E-state index in [1.165, 1.54) is 212 Å². The lowest BCUT2D eigenvalue weighted by atomic mass is 10.0. The zero-order valence-electron chi connectivity index (χ0n) is 41.9. The molecule has 2 atom stereocenters. The summed E-state index contributed by atoms with van der Waals surface area (Å²) in [6, 6.07) is -0.551. The van der Waals surface area contributed by atoms with Crippen molar-refractivity contribution in [2.45, 2.75) is 321 Å². The van der Waals surface area contributed by atoms with Crippen LogP contribution in [0.3, 0.4) is 0 Å². The first kappa shape index (κ1) is 60.6. The largest absolute Gasteiger partial charge is 0.466 e. The number of aliphatic hydroxyl groups excluding tert-OH is 2. The third-order valence-corrected chi connectivity index (χ3v) is 13.1. The van der Waals surface area contributed by atoms with Gasteiger partial charge in [0.25, 0.3) is 0 Å². The highest BCUT2D eigenvalue weighted by Crippen LogP contribution is 2.17. The van der Waals surface area contributed by atoms with Gasteiger partial charge in [-0.25, -0.2) is 0 Å². The lowest BCUT2D eigenvalue weighted by Gasteiger charge is -2.22. The molecule has 0 fully saturated rings. The average molecular weight is 876 g/mol. The van der Waals surface area contributed by atoms with Crippen LogP contribution < -0.4 is 5.32 Å². The molecule has 0 radical (unpaired) electrons. The molecule has 0 spiro atoms. The number of allylic oxidation sites excluding steroid dienone is 2. The first-order valence-electron chi connectivity index (χ1n) is 27.9. The highest BCUT2D eigenvalue weighted by molar-refractivity contribution is 5.76. The van der Waals surface area contributed by atoms with Crippen LogP contribution in [0.25, 0.3) is 0 Å². The fourth-order valence-electron chi connectivity index (χ4n) is 8.75. The maximum Gasteiger partial charge on any atom is 0.305 e. The molecule has 3 N–H and O–H groups in total. The van der Waals surface area contributed by atoms with E-state index in [2.05, 4.69) is 31.3 Å². The molecule has 0 rings (SSSR count). The van der Waals surface area contributed by atoms with Gasteiger partial charge in [0, 0.05) is 12.8 Å². The summed E-state index contributed by atoms with van der Waals surface area (Å²) in [5.74, 6) is -0.0508. The monoisotopic (exact) mass is 876 g/mol. The predicted molar refractivity (Wildman–Crippen MR) is 269 cm³/mol. The molecule has 0 aromatic carbocycles. The molecule has 368 valence electrons. The van der Waals surface area contributed by atoms with Gasteiger partial charge in [0.1, 0.15) is 0 Å². The number of hydrogen-bond acceptors (Lipinski definition) is 5. The molecule has 0 saturated heterocycles. The Bertz CT molecular complexity index is 924. The zero-order chi connectivity index (χ0) is 45.1. The lowest BCUT2D eigenvalue weighted by molar-refractivity contribution is -0.143. The Morgan fingerprint density at radius 3 is 1.15 bits per heavy atom. The van der Waals surface area contributed by atoms with E-state index in [1.807, 2.05) is 0 Å². The molecule has 1 amide bonds. The third kappa shape index (κ3) is 48.1. The van der Waals surface area contributed by atoms with Crippen molar-refractivity contribution in [1.82, 2.24) is 5.32 Å². The Morgan fingerprint density at radius 1 is 0.435 bits per heavy atom. The minimum atomic E-state index is -0.672. The van der Waals surface area contributed by atoms with Gasteiger partial charge in [0.2, 0.25) is 5.91 Å². The van der Waals surface area contributed by atoms with E-state index in [0.717, 1.165) is 64.2 Å². The van der Waals surface area contributed by atoms with E-state index in [0.29, 0.717) is 25.9 Å². The van der Waals surface area contributed by atoms with Gasteiger partial charge in [-0.2, -0.15) is 0 Å². The van der Waals surface area contributed by atoms with Gasteiger partial charge in [-0.05, 0) is 51.4 Å². The van der Waals surface area contributed by atoms with Crippen molar-refractivity contribution in [3.8, 4) is 0 Å². The van der Waals surface area contributed by atoms with E-state index in [-0.39, 0.29) is 18.5 Å². The second-order valence-corrected chi connectivity index (χ2v) is 19.3. The number of unbranched alkanes of at least 4 members (excludes halogenated alkanes) is 39. The molecule has 0 heterocycles. The fourth-order valence-corrected chi connectivity index (χ4v) is 8.75. The van der Waals surface area contributed by atoms with Crippen molar-refractivity contribution >= 4 is 11.9 Å². The molecule has 0 aliphatic heterocycles. The summed E-state index contributed by atoms with van der Waals surface area (Å²) in [6.45, 7) is 4.93. The molecule has 6 nitrogen and oxygen atoms in total. The van der Waals surface area contributed by atoms with Crippen LogP contribution in [0, 0.1) is 0 Å². The van der Waals surface area contributed by atoms with Gasteiger partial charge in [-0.1, -0.05) is 257 Å². The molecular weight excluding hydrogens is 767 g/mol. The minimum absolute atomic E-state index is 0.00205. The fraction of sp³-hybridized carbons (Fsp3) is 0.929. The molecule has 0 aromatic rings. The van der Waals surface area contributed by atoms with Crippen molar-refractivity contribution in [3.05, 3.63) is 12.2 Å². The summed E-state index contributed by atoms with van der Waals surface area (Å²) in [5, 5.41) is 23.1. The Morgan fingerprint density at radius 2 is 0.758 bits per heavy atom. The highest BCUT2D eigenvalue weighted by Gasteiger charge is 2.20. The van der Waals surface area contributed by atoms with Gasteiger partial charge in [0.15, 0.2) is 0 Å². The van der Waals surface area contributed by atoms with Gasteiger partial charge in [-0.3, -0.25) is 9.59 Å². The standard InChI is InChI=1S/C56H109NO5/c1-3-5-7-9-11-13-15-16-17-18-19-20-24-27-30-34-38-42-46-50-56(61)62-51-47-43-39-35-31-28-25-22-21-23-26-29-33-37-41-45-49-55(60)57-53(52-58)54(59)48-44-40-36-32-14-12-10-8-6-4-2/h21,23,53-54,58-59H,3-20,22,24-52H2,1-2H3,(H,57,60)/b23-21-. The van der Waals surface area contributed by atoms with Crippen LogP contribution in [0.2, 0.25) is 0 Å². The number of amides is 1. The van der Waals surface area contributed by atoms with Crippen molar-refractivity contribution < 1.29 is 24.5 Å². The van der Waals surface area contributed by atoms with E-state index < -0.39 is 12.1 Å². The smallest absolute Gasteiger partial charge is 0.305 e. The van der Waals surface area contributed by atoms with E-state index in [9.17, 15) is 19.8 Å². The quantitative estimate of drug-likeness (QED) is 0.0321. The number of ether oxygens (including phenoxy) is 1. The van der Waals surface area contributed by atoms with Gasteiger partial charge >= 0.3 is 5.97 Å². The molecule has 6 heteroatoms. The van der Waals surface area contributed by atoms with Crippen LogP contribution in [0.5, 0.6) is 0 Å². The normalized spacial score (nSPS) is 12.6. The first-order valence-corrected chi connectivity index (χ1v) is 27.9. The third-order valence-electron chi connectivity index (χ3n) is 13.1. The molecule has 0 aliphatic rings. The molecule has 2 unspecified atom stereocenters. The van der Waals surface area contributed by atoms with Crippen LogP contribution in [-0.4, -0.2) is 47.4 Å². The molecule has 0 saturated carbocycles. The molecule has 0 bridgehead atoms. The van der Waals surface area contributed by atoms with Crippen LogP contribution >= 0.6 is 0 Å². The lowest BCUT2D eigenvalue weighted by Crippen LogP contribution is -2.45. The van der Waals surface area contributed by atoms with Crippen molar-refractivity contribution in [2.24, 2.45) is 0 Å². The zero-order valence-corrected chi connectivity index (χ0v) is 41.9. The maximum absolute atomic E-state index is 12.4. The van der Waals surface area contributed by atoms with E-state index >= 15 is 0 Å². The summed E-state index contributed by atoms with van der Waals surface area (Å²) in [4.78, 5) is 24.5. The molecule has 0 aliphatic carbocycles. The number of carbonyl (C=O) groups is 2. The van der Waals surface area contributed by atoms with E-state index in [1.54, 1.807) is 0 Å². The highest BCUT2D eigenvalue weighted by atomic mass is 16.5. The van der Waals surface area contributed by atoms with Crippen LogP contribution in [0.15, 0.2) is 12.2 Å². The SMILES string of the molecule is CCCCCCCCCCCCCCCCCCCCCC(=O)OCCCCCCCCC/C=C\CCCCCCCC(=O)NC(CO)C(O)CCCCCCCCCCCC. The summed E-state index contributed by atoms with van der Waals surface area (Å²) in [6.07, 6.45) is 60.6. The summed E-state index contributed by atoms with van der Waals surface area (Å²) >= 11 is 0. The van der Waals surface area contributed by atoms with Crippen LogP contribution in [0.4, 0.5) is 0 Å². The predicted octanol–water partition coefficient (Wildman–Crippen LogP) is 16.9. The van der Waals surface area contributed by atoms with Crippen LogP contribution in [0.1, 0.15) is 309 Å². The average Bonchev–Trinajstić information content (AvgIpc) is 3.27. The Balaban J connectivity index is 3.40. The minimum Gasteiger partial charge on any atom is -0.466 e. The Labute approximate surface area is 387 Å². The van der Waals surface area contributed by atoms with Crippen molar-refractivity contribution in [3.63, 3.8) is 0 Å². The number of hydrogen-bond donors (Lipinski definition) is 3. The van der Waals surface area contributed by atoms with Gasteiger partial charge in [0.05, 0.1) is 25.4 Å². The van der Waals surface area contributed by atoms with Gasteiger partial charge < -0.3 is 20.3 Å². The van der Waals surface area contributed by atoms with Crippen molar-refractivity contribution in [2.75, 3.05) is 13.2 Å². The van der Waals surface area contributed by atoms with E-state index in [4.69, 9.17) is 4.74 Å². The maximum atomic E-state index is 12.4.